The first-order valence-electron chi connectivity index (χ1n) is 11.5. The second-order valence-electron chi connectivity index (χ2n) is 8.38. The second kappa shape index (κ2) is 10.4. The summed E-state index contributed by atoms with van der Waals surface area (Å²) in [4.78, 5) is 23.6. The molecule has 8 nitrogen and oxygen atoms in total. The van der Waals surface area contributed by atoms with Crippen molar-refractivity contribution < 1.29 is 9.53 Å². The van der Waals surface area contributed by atoms with Crippen LogP contribution in [0.2, 0.25) is 5.02 Å². The molecule has 176 valence electrons. The maximum absolute atomic E-state index is 12.3. The molecule has 0 spiro atoms. The van der Waals surface area contributed by atoms with Gasteiger partial charge in [-0.1, -0.05) is 23.7 Å². The van der Waals surface area contributed by atoms with E-state index >= 15 is 0 Å². The molecule has 34 heavy (non-hydrogen) atoms. The first-order valence-corrected chi connectivity index (χ1v) is 11.9. The molecule has 0 radical (unpaired) electrons. The highest BCUT2D eigenvalue weighted by Crippen LogP contribution is 2.28. The molecule has 1 amide bonds. The van der Waals surface area contributed by atoms with Crippen LogP contribution in [0.4, 0.5) is 23.0 Å². The van der Waals surface area contributed by atoms with Crippen LogP contribution in [-0.4, -0.2) is 54.8 Å². The monoisotopic (exact) mass is 478 g/mol. The van der Waals surface area contributed by atoms with Crippen molar-refractivity contribution in [3.05, 3.63) is 59.8 Å². The predicted molar refractivity (Wildman–Crippen MR) is 135 cm³/mol. The van der Waals surface area contributed by atoms with Gasteiger partial charge in [-0.25, -0.2) is 9.97 Å². The number of aromatic nitrogens is 2. The Labute approximate surface area is 203 Å². The van der Waals surface area contributed by atoms with E-state index in [1.165, 1.54) is 5.69 Å². The number of anilines is 4. The number of carbonyl (C=O) groups excluding carboxylic acids is 1. The number of morpholine rings is 1. The van der Waals surface area contributed by atoms with Crippen molar-refractivity contribution >= 4 is 40.5 Å². The lowest BCUT2D eigenvalue weighted by molar-refractivity contribution is -0.117. The van der Waals surface area contributed by atoms with E-state index in [2.05, 4.69) is 43.0 Å². The van der Waals surface area contributed by atoms with Crippen molar-refractivity contribution in [1.82, 2.24) is 15.3 Å². The van der Waals surface area contributed by atoms with Crippen LogP contribution in [0.1, 0.15) is 12.8 Å². The highest BCUT2D eigenvalue weighted by Gasteiger charge is 2.22. The standard InChI is InChI=1S/C25H27ClN6O2/c26-21-16-28-25(30-19-7-9-20(10-8-19)32-12-14-34-15-13-32)31-23(21)17-3-5-18(6-4-17)29-24(33)22-2-1-11-27-22/h3-10,16,22,27H,1-2,11-15H2,(H,29,33)(H,28,30,31). The van der Waals surface area contributed by atoms with E-state index in [1.54, 1.807) is 6.20 Å². The van der Waals surface area contributed by atoms with E-state index in [4.69, 9.17) is 16.3 Å². The minimum atomic E-state index is -0.118. The normalized spacial score (nSPS) is 18.0. The van der Waals surface area contributed by atoms with Crippen LogP contribution in [0, 0.1) is 0 Å². The predicted octanol–water partition coefficient (Wildman–Crippen LogP) is 4.07. The van der Waals surface area contributed by atoms with Gasteiger partial charge in [0.2, 0.25) is 11.9 Å². The molecule has 3 aromatic rings. The fourth-order valence-electron chi connectivity index (χ4n) is 4.19. The van der Waals surface area contributed by atoms with Crippen LogP contribution in [0.3, 0.4) is 0 Å². The highest BCUT2D eigenvalue weighted by atomic mass is 35.5. The van der Waals surface area contributed by atoms with Crippen LogP contribution < -0.4 is 20.9 Å². The molecule has 2 aromatic carbocycles. The minimum absolute atomic E-state index is 0.00329. The number of rotatable bonds is 6. The van der Waals surface area contributed by atoms with Gasteiger partial charge in [0, 0.05) is 35.7 Å². The number of benzene rings is 2. The van der Waals surface area contributed by atoms with Gasteiger partial charge in [0.05, 0.1) is 36.2 Å². The van der Waals surface area contributed by atoms with Crippen molar-refractivity contribution in [2.75, 3.05) is 48.4 Å². The van der Waals surface area contributed by atoms with Crippen LogP contribution in [-0.2, 0) is 9.53 Å². The molecule has 2 saturated heterocycles. The van der Waals surface area contributed by atoms with E-state index in [0.717, 1.165) is 62.6 Å². The summed E-state index contributed by atoms with van der Waals surface area (Å²) in [5.41, 5.74) is 4.27. The lowest BCUT2D eigenvalue weighted by atomic mass is 10.1. The summed E-state index contributed by atoms with van der Waals surface area (Å²) in [7, 11) is 0. The summed E-state index contributed by atoms with van der Waals surface area (Å²) in [6.45, 7) is 4.20. The number of carbonyl (C=O) groups is 1. The lowest BCUT2D eigenvalue weighted by Crippen LogP contribution is -2.36. The number of nitrogens with one attached hydrogen (secondary N) is 3. The van der Waals surface area contributed by atoms with E-state index < -0.39 is 0 Å². The van der Waals surface area contributed by atoms with Crippen molar-refractivity contribution in [3.8, 4) is 11.3 Å². The van der Waals surface area contributed by atoms with E-state index in [1.807, 2.05) is 36.4 Å². The minimum Gasteiger partial charge on any atom is -0.378 e. The van der Waals surface area contributed by atoms with Gasteiger partial charge in [0.1, 0.15) is 0 Å². The third-order valence-electron chi connectivity index (χ3n) is 6.05. The highest BCUT2D eigenvalue weighted by molar-refractivity contribution is 6.32. The number of amides is 1. The molecule has 2 aliphatic heterocycles. The Morgan fingerprint density at radius 1 is 1.06 bits per heavy atom. The van der Waals surface area contributed by atoms with Gasteiger partial charge >= 0.3 is 0 Å². The molecule has 5 rings (SSSR count). The zero-order chi connectivity index (χ0) is 23.3. The summed E-state index contributed by atoms with van der Waals surface area (Å²) in [5, 5.41) is 9.88. The Balaban J connectivity index is 1.26. The molecule has 2 aliphatic rings. The van der Waals surface area contributed by atoms with Crippen LogP contribution >= 0.6 is 11.6 Å². The number of nitrogens with zero attached hydrogens (tertiary/aromatic N) is 3. The molecule has 3 heterocycles. The maximum atomic E-state index is 12.3. The molecular formula is C25H27ClN6O2. The van der Waals surface area contributed by atoms with Crippen molar-refractivity contribution in [3.63, 3.8) is 0 Å². The van der Waals surface area contributed by atoms with Gasteiger partial charge in [-0.2, -0.15) is 0 Å². The fraction of sp³-hybridized carbons (Fsp3) is 0.320. The Morgan fingerprint density at radius 3 is 2.50 bits per heavy atom. The molecule has 1 unspecified atom stereocenters. The number of hydrogen-bond donors (Lipinski definition) is 3. The van der Waals surface area contributed by atoms with Crippen LogP contribution in [0.15, 0.2) is 54.7 Å². The largest absolute Gasteiger partial charge is 0.378 e. The summed E-state index contributed by atoms with van der Waals surface area (Å²) in [6.07, 6.45) is 3.49. The molecule has 1 atom stereocenters. The zero-order valence-corrected chi connectivity index (χ0v) is 19.5. The number of hydrogen-bond acceptors (Lipinski definition) is 7. The third kappa shape index (κ3) is 5.30. The smallest absolute Gasteiger partial charge is 0.241 e. The average molecular weight is 479 g/mol. The molecule has 0 bridgehead atoms. The molecule has 0 saturated carbocycles. The van der Waals surface area contributed by atoms with Crippen molar-refractivity contribution in [2.45, 2.75) is 18.9 Å². The Hall–Kier alpha value is -3.20. The van der Waals surface area contributed by atoms with Gasteiger partial charge < -0.3 is 25.6 Å². The Bertz CT molecular complexity index is 1130. The topological polar surface area (TPSA) is 91.4 Å². The lowest BCUT2D eigenvalue weighted by Gasteiger charge is -2.28. The quantitative estimate of drug-likeness (QED) is 0.492. The summed E-state index contributed by atoms with van der Waals surface area (Å²) in [6, 6.07) is 15.6. The second-order valence-corrected chi connectivity index (χ2v) is 8.78. The van der Waals surface area contributed by atoms with E-state index in [0.29, 0.717) is 16.7 Å². The third-order valence-corrected chi connectivity index (χ3v) is 6.32. The summed E-state index contributed by atoms with van der Waals surface area (Å²) < 4.78 is 5.42. The molecule has 0 aliphatic carbocycles. The number of ether oxygens (including phenoxy) is 1. The van der Waals surface area contributed by atoms with Crippen LogP contribution in [0.25, 0.3) is 11.3 Å². The first-order chi connectivity index (χ1) is 16.7. The molecule has 9 heteroatoms. The summed E-state index contributed by atoms with van der Waals surface area (Å²) >= 11 is 6.40. The van der Waals surface area contributed by atoms with Gasteiger partial charge in [-0.15, -0.1) is 0 Å². The molecular weight excluding hydrogens is 452 g/mol. The van der Waals surface area contributed by atoms with Gasteiger partial charge in [0.25, 0.3) is 0 Å². The van der Waals surface area contributed by atoms with E-state index in [9.17, 15) is 4.79 Å². The molecule has 2 fully saturated rings. The number of halogens is 1. The Morgan fingerprint density at radius 2 is 1.79 bits per heavy atom. The maximum Gasteiger partial charge on any atom is 0.241 e. The van der Waals surface area contributed by atoms with E-state index in [-0.39, 0.29) is 11.9 Å². The van der Waals surface area contributed by atoms with Crippen molar-refractivity contribution in [2.24, 2.45) is 0 Å². The van der Waals surface area contributed by atoms with Gasteiger partial charge in [-0.3, -0.25) is 4.79 Å². The molecule has 1 aromatic heterocycles. The average Bonchev–Trinajstić information content (AvgIpc) is 3.42. The van der Waals surface area contributed by atoms with Crippen LogP contribution in [0.5, 0.6) is 0 Å². The van der Waals surface area contributed by atoms with Crippen molar-refractivity contribution in [1.29, 1.82) is 0 Å². The fourth-order valence-corrected chi connectivity index (χ4v) is 4.39. The summed E-state index contributed by atoms with van der Waals surface area (Å²) in [5.74, 6) is 0.458. The zero-order valence-electron chi connectivity index (χ0n) is 18.8. The first kappa shape index (κ1) is 22.6. The molecule has 3 N–H and O–H groups in total. The van der Waals surface area contributed by atoms with Gasteiger partial charge in [-0.05, 0) is 55.8 Å². The SMILES string of the molecule is O=C(Nc1ccc(-c2nc(Nc3ccc(N4CCOCC4)cc3)ncc2Cl)cc1)C1CCCN1. The van der Waals surface area contributed by atoms with Gasteiger partial charge in [0.15, 0.2) is 0 Å². The Kier molecular flexibility index (Phi) is 6.89.